The van der Waals surface area contributed by atoms with Crippen LogP contribution in [0.4, 0.5) is 0 Å². The molecule has 0 fully saturated rings. The molecule has 0 unspecified atom stereocenters. The molecule has 15 heavy (non-hydrogen) atoms. The monoisotopic (exact) mass is 311 g/mol. The molecular formula is C3H9K2NO7P2. The summed E-state index contributed by atoms with van der Waals surface area (Å²) >= 11 is 0. The van der Waals surface area contributed by atoms with E-state index in [2.05, 4.69) is 0 Å². The Morgan fingerprint density at radius 1 is 1.07 bits per heavy atom. The maximum absolute atomic E-state index is 10.5. The van der Waals surface area contributed by atoms with E-state index in [1.54, 1.807) is 0 Å². The van der Waals surface area contributed by atoms with Crippen molar-refractivity contribution < 1.29 is 33.8 Å². The van der Waals surface area contributed by atoms with E-state index >= 15 is 0 Å². The van der Waals surface area contributed by atoms with Gasteiger partial charge in [0.2, 0.25) is 0 Å². The topological polar surface area (TPSA) is 159 Å². The first-order valence-corrected chi connectivity index (χ1v) is 5.99. The fraction of sp³-hybridized carbons (Fsp3) is 0.667. The van der Waals surface area contributed by atoms with E-state index in [9.17, 15) is 9.13 Å². The minimum absolute atomic E-state index is 0. The zero-order chi connectivity index (χ0) is 10.9. The molecule has 0 saturated carbocycles. The number of hydrogen-bond donors (Lipinski definition) is 5. The Kier molecular flexibility index (Phi) is 12.7. The van der Waals surface area contributed by atoms with Crippen LogP contribution in [-0.4, -0.2) is 133 Å². The van der Waals surface area contributed by atoms with E-state index in [-0.39, 0.29) is 103 Å². The molecule has 0 bridgehead atoms. The minimum atomic E-state index is -5.46. The molecule has 0 radical (unpaired) electrons. The molecule has 0 amide bonds. The van der Waals surface area contributed by atoms with Crippen molar-refractivity contribution in [1.29, 1.82) is 5.26 Å². The van der Waals surface area contributed by atoms with Crippen molar-refractivity contribution >= 4 is 118 Å². The fourth-order valence-electron chi connectivity index (χ4n) is 0.482. The SMILES string of the molecule is N#CCC(O)(P(=O)(O)O)P(=O)(O)O.[KH].[KH]. The number of nitrogens with zero attached hydrogens (tertiary/aromatic N) is 1. The Balaban J connectivity index is -0.000000720. The molecule has 0 aromatic rings. The molecule has 12 heteroatoms. The van der Waals surface area contributed by atoms with Crippen LogP contribution in [0.2, 0.25) is 0 Å². The first kappa shape index (κ1) is 23.1. The quantitative estimate of drug-likeness (QED) is 0.285. The van der Waals surface area contributed by atoms with Crippen molar-refractivity contribution in [2.24, 2.45) is 0 Å². The molecule has 0 spiro atoms. The van der Waals surface area contributed by atoms with Gasteiger partial charge in [0.1, 0.15) is 0 Å². The van der Waals surface area contributed by atoms with E-state index < -0.39 is 26.7 Å². The number of nitriles is 1. The number of hydrogen-bond acceptors (Lipinski definition) is 4. The van der Waals surface area contributed by atoms with Crippen LogP contribution in [0, 0.1) is 11.3 Å². The van der Waals surface area contributed by atoms with E-state index in [1.165, 1.54) is 0 Å². The van der Waals surface area contributed by atoms with Crippen molar-refractivity contribution in [3.05, 3.63) is 0 Å². The van der Waals surface area contributed by atoms with E-state index in [0.29, 0.717) is 0 Å². The van der Waals surface area contributed by atoms with E-state index in [4.69, 9.17) is 29.9 Å². The molecule has 0 saturated heterocycles. The standard InChI is InChI=1S/C3H7NO7P2.2K.2H/c4-2-1-3(5,12(6,7)8)13(9,10)11;;;;/h5H,1H2,(H2,6,7,8)(H2,9,10,11);;;;. The fourth-order valence-corrected chi connectivity index (χ4v) is 2.39. The van der Waals surface area contributed by atoms with Crippen LogP contribution < -0.4 is 0 Å². The Morgan fingerprint density at radius 3 is 1.40 bits per heavy atom. The predicted molar refractivity (Wildman–Crippen MR) is 53.6 cm³/mol. The molecule has 0 aromatic carbocycles. The molecule has 0 heterocycles. The van der Waals surface area contributed by atoms with Gasteiger partial charge in [-0.25, -0.2) is 0 Å². The van der Waals surface area contributed by atoms with Crippen LogP contribution in [0.5, 0.6) is 0 Å². The van der Waals surface area contributed by atoms with Gasteiger partial charge in [0.15, 0.2) is 0 Å². The van der Waals surface area contributed by atoms with Crippen molar-refractivity contribution in [3.63, 3.8) is 0 Å². The molecule has 80 valence electrons. The third kappa shape index (κ3) is 6.14. The summed E-state index contributed by atoms with van der Waals surface area (Å²) < 4.78 is 21.0. The van der Waals surface area contributed by atoms with Crippen LogP contribution in [0.1, 0.15) is 6.42 Å². The molecule has 0 aliphatic rings. The van der Waals surface area contributed by atoms with Gasteiger partial charge in [-0.1, -0.05) is 0 Å². The summed E-state index contributed by atoms with van der Waals surface area (Å²) in [4.78, 5) is 33.7. The zero-order valence-electron chi connectivity index (χ0n) is 6.10. The Labute approximate surface area is 171 Å². The van der Waals surface area contributed by atoms with E-state index in [1.807, 2.05) is 0 Å². The number of rotatable bonds is 3. The zero-order valence-corrected chi connectivity index (χ0v) is 7.89. The molecule has 0 aliphatic heterocycles. The second-order valence-electron chi connectivity index (χ2n) is 2.20. The predicted octanol–water partition coefficient (Wildman–Crippen LogP) is -2.40. The first-order chi connectivity index (χ1) is 5.56. The molecule has 8 nitrogen and oxygen atoms in total. The number of aliphatic hydroxyl groups is 1. The summed E-state index contributed by atoms with van der Waals surface area (Å²) in [6, 6.07) is 1.09. The average Bonchev–Trinajstić information content (AvgIpc) is 1.82. The molecule has 0 rings (SSSR count). The summed E-state index contributed by atoms with van der Waals surface area (Å²) in [6.45, 7) is 0. The second-order valence-corrected chi connectivity index (χ2v) is 6.21. The Bertz CT molecular complexity index is 306. The van der Waals surface area contributed by atoms with Crippen LogP contribution in [0.15, 0.2) is 0 Å². The van der Waals surface area contributed by atoms with Gasteiger partial charge in [-0.15, -0.1) is 0 Å². The van der Waals surface area contributed by atoms with Gasteiger partial charge in [0.25, 0.3) is 5.08 Å². The summed E-state index contributed by atoms with van der Waals surface area (Å²) in [5, 5.41) is 13.4. The molecular weight excluding hydrogens is 302 g/mol. The normalized spacial score (nSPS) is 12.0. The molecule has 0 aliphatic carbocycles. The van der Waals surface area contributed by atoms with Crippen LogP contribution in [0.25, 0.3) is 0 Å². The van der Waals surface area contributed by atoms with Gasteiger partial charge in [0, 0.05) is 0 Å². The molecule has 0 aromatic heterocycles. The summed E-state index contributed by atoms with van der Waals surface area (Å²) in [6.07, 6.45) is -1.35. The van der Waals surface area contributed by atoms with Gasteiger partial charge in [-0.05, 0) is 0 Å². The second kappa shape index (κ2) is 8.24. The van der Waals surface area contributed by atoms with Crippen molar-refractivity contribution in [1.82, 2.24) is 0 Å². The van der Waals surface area contributed by atoms with Gasteiger partial charge < -0.3 is 24.7 Å². The van der Waals surface area contributed by atoms with E-state index in [0.717, 1.165) is 6.07 Å². The summed E-state index contributed by atoms with van der Waals surface area (Å²) in [5.41, 5.74) is 0. The summed E-state index contributed by atoms with van der Waals surface area (Å²) in [7, 11) is -10.9. The summed E-state index contributed by atoms with van der Waals surface area (Å²) in [5.74, 6) is 0. The van der Waals surface area contributed by atoms with Crippen LogP contribution >= 0.6 is 15.2 Å². The molecule has 5 N–H and O–H groups in total. The molecule has 0 atom stereocenters. The Morgan fingerprint density at radius 2 is 1.33 bits per heavy atom. The third-order valence-corrected chi connectivity index (χ3v) is 4.99. The van der Waals surface area contributed by atoms with Gasteiger partial charge in [0.05, 0.1) is 12.5 Å². The third-order valence-electron chi connectivity index (χ3n) is 1.25. The van der Waals surface area contributed by atoms with Gasteiger partial charge in [-0.3, -0.25) is 9.13 Å². The van der Waals surface area contributed by atoms with Crippen LogP contribution in [0.3, 0.4) is 0 Å². The van der Waals surface area contributed by atoms with Crippen molar-refractivity contribution in [2.45, 2.75) is 11.5 Å². The first-order valence-electron chi connectivity index (χ1n) is 2.77. The van der Waals surface area contributed by atoms with Crippen molar-refractivity contribution in [2.75, 3.05) is 0 Å². The Hall–Kier alpha value is 3.02. The maximum atomic E-state index is 10.5. The van der Waals surface area contributed by atoms with Gasteiger partial charge in [-0.2, -0.15) is 5.26 Å². The van der Waals surface area contributed by atoms with Crippen molar-refractivity contribution in [3.8, 4) is 6.07 Å². The van der Waals surface area contributed by atoms with Gasteiger partial charge >= 0.3 is 118 Å². The average molecular weight is 311 g/mol. The van der Waals surface area contributed by atoms with Crippen LogP contribution in [-0.2, 0) is 9.13 Å².